The Morgan fingerprint density at radius 3 is 2.27 bits per heavy atom. The van der Waals surface area contributed by atoms with Crippen LogP contribution >= 0.6 is 0 Å². The summed E-state index contributed by atoms with van der Waals surface area (Å²) in [6.07, 6.45) is 0. The zero-order valence-corrected chi connectivity index (χ0v) is 16.1. The highest BCUT2D eigenvalue weighted by atomic mass is 32.2. The molecule has 0 spiro atoms. The van der Waals surface area contributed by atoms with Crippen molar-refractivity contribution in [1.82, 2.24) is 9.88 Å². The molecule has 26 heavy (non-hydrogen) atoms. The van der Waals surface area contributed by atoms with Crippen LogP contribution in [0, 0.1) is 27.7 Å². The second-order valence-corrected chi connectivity index (χ2v) is 8.13. The van der Waals surface area contributed by atoms with E-state index >= 15 is 0 Å². The van der Waals surface area contributed by atoms with Crippen LogP contribution in [0.1, 0.15) is 39.7 Å². The van der Waals surface area contributed by atoms with Gasteiger partial charge in [-0.1, -0.05) is 59.3 Å². The Hall–Kier alpha value is -2.44. The fourth-order valence-electron chi connectivity index (χ4n) is 3.18. The lowest BCUT2D eigenvalue weighted by Crippen LogP contribution is -2.30. The van der Waals surface area contributed by atoms with Crippen molar-refractivity contribution in [2.45, 2.75) is 38.6 Å². The van der Waals surface area contributed by atoms with E-state index in [1.807, 2.05) is 56.3 Å². The first kappa shape index (κ1) is 18.4. The van der Waals surface area contributed by atoms with Gasteiger partial charge in [-0.15, -0.1) is 0 Å². The Morgan fingerprint density at radius 2 is 1.69 bits per heavy atom. The number of aromatic nitrogens is 1. The minimum atomic E-state index is -3.81. The Kier molecular flexibility index (Phi) is 4.98. The molecule has 1 unspecified atom stereocenters. The quantitative estimate of drug-likeness (QED) is 0.737. The van der Waals surface area contributed by atoms with Crippen LogP contribution in [-0.4, -0.2) is 13.6 Å². The van der Waals surface area contributed by atoms with Crippen molar-refractivity contribution in [3.8, 4) is 0 Å². The van der Waals surface area contributed by atoms with E-state index in [1.54, 1.807) is 13.8 Å². The lowest BCUT2D eigenvalue weighted by Gasteiger charge is -2.22. The first-order valence-corrected chi connectivity index (χ1v) is 9.85. The molecular weight excluding hydrogens is 348 g/mol. The van der Waals surface area contributed by atoms with E-state index in [0.717, 1.165) is 22.3 Å². The van der Waals surface area contributed by atoms with Crippen molar-refractivity contribution < 1.29 is 12.9 Å². The number of nitrogens with zero attached hydrogens (tertiary/aromatic N) is 1. The molecule has 1 N–H and O–H groups in total. The maximum absolute atomic E-state index is 13.1. The van der Waals surface area contributed by atoms with E-state index in [1.165, 1.54) is 0 Å². The smallest absolute Gasteiger partial charge is 0.246 e. The van der Waals surface area contributed by atoms with Gasteiger partial charge in [-0.2, -0.15) is 4.72 Å². The zero-order chi connectivity index (χ0) is 18.9. The summed E-state index contributed by atoms with van der Waals surface area (Å²) in [6, 6.07) is 15.0. The molecule has 0 saturated heterocycles. The van der Waals surface area contributed by atoms with Crippen molar-refractivity contribution >= 4 is 10.0 Å². The Balaban J connectivity index is 2.10. The Morgan fingerprint density at radius 1 is 1.00 bits per heavy atom. The molecule has 6 heteroatoms. The average Bonchev–Trinajstić information content (AvgIpc) is 2.93. The van der Waals surface area contributed by atoms with Crippen LogP contribution in [0.25, 0.3) is 0 Å². The van der Waals surface area contributed by atoms with E-state index in [4.69, 9.17) is 4.52 Å². The molecule has 3 aromatic rings. The highest BCUT2D eigenvalue weighted by Gasteiger charge is 2.29. The zero-order valence-electron chi connectivity index (χ0n) is 15.3. The molecule has 3 rings (SSSR count). The van der Waals surface area contributed by atoms with Gasteiger partial charge >= 0.3 is 0 Å². The van der Waals surface area contributed by atoms with Gasteiger partial charge in [0.1, 0.15) is 10.6 Å². The molecule has 1 aromatic heterocycles. The van der Waals surface area contributed by atoms with Gasteiger partial charge in [0.15, 0.2) is 5.76 Å². The number of benzene rings is 2. The first-order chi connectivity index (χ1) is 12.3. The van der Waals surface area contributed by atoms with Gasteiger partial charge in [0.25, 0.3) is 0 Å². The fourth-order valence-corrected chi connectivity index (χ4v) is 4.71. The summed E-state index contributed by atoms with van der Waals surface area (Å²) >= 11 is 0. The Labute approximate surface area is 154 Å². The van der Waals surface area contributed by atoms with Gasteiger partial charge in [-0.05, 0) is 44.4 Å². The highest BCUT2D eigenvalue weighted by molar-refractivity contribution is 7.89. The molecule has 0 radical (unpaired) electrons. The largest absolute Gasteiger partial charge is 0.360 e. The number of rotatable bonds is 5. The first-order valence-electron chi connectivity index (χ1n) is 8.37. The van der Waals surface area contributed by atoms with E-state index in [2.05, 4.69) is 15.9 Å². The van der Waals surface area contributed by atoms with Crippen LogP contribution in [0.4, 0.5) is 0 Å². The minimum Gasteiger partial charge on any atom is -0.360 e. The Bertz CT molecular complexity index is 1000. The van der Waals surface area contributed by atoms with Gasteiger partial charge in [0.05, 0.1) is 6.04 Å². The number of aryl methyl sites for hydroxylation is 4. The number of nitrogens with one attached hydrogen (secondary N) is 1. The summed E-state index contributed by atoms with van der Waals surface area (Å²) in [7, 11) is -3.81. The molecule has 2 aromatic carbocycles. The molecule has 1 heterocycles. The second kappa shape index (κ2) is 7.05. The summed E-state index contributed by atoms with van der Waals surface area (Å²) < 4.78 is 34.0. The molecule has 136 valence electrons. The molecule has 0 bridgehead atoms. The summed E-state index contributed by atoms with van der Waals surface area (Å²) in [5.41, 5.74) is 4.29. The summed E-state index contributed by atoms with van der Waals surface area (Å²) in [4.78, 5) is 0.100. The third-order valence-electron chi connectivity index (χ3n) is 4.38. The second-order valence-electron chi connectivity index (χ2n) is 6.48. The van der Waals surface area contributed by atoms with Crippen molar-refractivity contribution in [3.63, 3.8) is 0 Å². The van der Waals surface area contributed by atoms with Crippen molar-refractivity contribution in [2.24, 2.45) is 0 Å². The third kappa shape index (κ3) is 3.57. The van der Waals surface area contributed by atoms with Crippen molar-refractivity contribution in [3.05, 3.63) is 82.2 Å². The molecule has 1 atom stereocenters. The van der Waals surface area contributed by atoms with E-state index in [9.17, 15) is 8.42 Å². The minimum absolute atomic E-state index is 0.100. The maximum Gasteiger partial charge on any atom is 0.246 e. The number of sulfonamides is 1. The molecule has 0 saturated carbocycles. The van der Waals surface area contributed by atoms with Crippen LogP contribution in [0.2, 0.25) is 0 Å². The van der Waals surface area contributed by atoms with Gasteiger partial charge < -0.3 is 4.52 Å². The van der Waals surface area contributed by atoms with Crippen molar-refractivity contribution in [2.75, 3.05) is 0 Å². The number of hydrogen-bond donors (Lipinski definition) is 1. The normalized spacial score (nSPS) is 12.9. The maximum atomic E-state index is 13.1. The molecule has 0 aliphatic heterocycles. The topological polar surface area (TPSA) is 72.2 Å². The summed E-state index contributed by atoms with van der Waals surface area (Å²) in [5, 5.41) is 3.77. The number of hydrogen-bond acceptors (Lipinski definition) is 4. The molecule has 5 nitrogen and oxygen atoms in total. The molecular formula is C20H22N2O3S. The SMILES string of the molecule is Cc1ccc(C(NS(=O)(=O)c2c(C)noc2C)c2ccccc2)c(C)c1. The van der Waals surface area contributed by atoms with Crippen LogP contribution in [0.5, 0.6) is 0 Å². The highest BCUT2D eigenvalue weighted by Crippen LogP contribution is 2.29. The fraction of sp³-hybridized carbons (Fsp3) is 0.250. The van der Waals surface area contributed by atoms with Crippen LogP contribution in [-0.2, 0) is 10.0 Å². The van der Waals surface area contributed by atoms with E-state index in [0.29, 0.717) is 5.69 Å². The van der Waals surface area contributed by atoms with Gasteiger partial charge in [0, 0.05) is 0 Å². The molecule has 0 aliphatic carbocycles. The van der Waals surface area contributed by atoms with Gasteiger partial charge in [0.2, 0.25) is 10.0 Å². The summed E-state index contributed by atoms with van der Waals surface area (Å²) in [5.74, 6) is 0.280. The van der Waals surface area contributed by atoms with Crippen molar-refractivity contribution in [1.29, 1.82) is 0 Å². The van der Waals surface area contributed by atoms with Crippen LogP contribution in [0.15, 0.2) is 57.9 Å². The lowest BCUT2D eigenvalue weighted by molar-refractivity contribution is 0.390. The third-order valence-corrected chi connectivity index (χ3v) is 6.05. The average molecular weight is 370 g/mol. The standard InChI is InChI=1S/C20H22N2O3S/c1-13-10-11-18(14(2)12-13)19(17-8-6-5-7-9-17)22-26(23,24)20-15(3)21-25-16(20)4/h5-12,19,22H,1-4H3. The van der Waals surface area contributed by atoms with E-state index in [-0.39, 0.29) is 10.7 Å². The van der Waals surface area contributed by atoms with Gasteiger partial charge in [-0.25, -0.2) is 8.42 Å². The van der Waals surface area contributed by atoms with E-state index < -0.39 is 16.1 Å². The predicted molar refractivity (Wildman–Crippen MR) is 100 cm³/mol. The molecule has 0 fully saturated rings. The lowest BCUT2D eigenvalue weighted by atomic mass is 9.95. The van der Waals surface area contributed by atoms with Crippen LogP contribution in [0.3, 0.4) is 0 Å². The summed E-state index contributed by atoms with van der Waals surface area (Å²) in [6.45, 7) is 7.23. The predicted octanol–water partition coefficient (Wildman–Crippen LogP) is 3.98. The van der Waals surface area contributed by atoms with Gasteiger partial charge in [-0.3, -0.25) is 0 Å². The molecule has 0 amide bonds. The van der Waals surface area contributed by atoms with Crippen LogP contribution < -0.4 is 4.72 Å². The molecule has 0 aliphatic rings. The monoisotopic (exact) mass is 370 g/mol.